The van der Waals surface area contributed by atoms with Gasteiger partial charge in [0.05, 0.1) is 6.54 Å². The number of nitrogens with zero attached hydrogens (tertiary/aromatic N) is 1. The molecule has 0 radical (unpaired) electrons. The van der Waals surface area contributed by atoms with Crippen LogP contribution in [0.3, 0.4) is 0 Å². The molecule has 0 atom stereocenters. The van der Waals surface area contributed by atoms with E-state index in [4.69, 9.17) is 0 Å². The van der Waals surface area contributed by atoms with Crippen molar-refractivity contribution in [3.05, 3.63) is 42.5 Å². The Morgan fingerprint density at radius 3 is 2.83 bits per heavy atom. The van der Waals surface area contributed by atoms with Crippen LogP contribution in [-0.4, -0.2) is 24.8 Å². The Hall–Kier alpha value is -2.36. The van der Waals surface area contributed by atoms with Crippen molar-refractivity contribution >= 4 is 28.2 Å². The van der Waals surface area contributed by atoms with Gasteiger partial charge < -0.3 is 10.6 Å². The fraction of sp³-hybridized carbons (Fsp3) is 0.143. The largest absolute Gasteiger partial charge is 0.364 e. The molecule has 0 bridgehead atoms. The van der Waals surface area contributed by atoms with E-state index < -0.39 is 0 Å². The molecule has 4 heteroatoms. The van der Waals surface area contributed by atoms with Crippen LogP contribution in [0.15, 0.2) is 47.5 Å². The fourth-order valence-corrected chi connectivity index (χ4v) is 2.07. The molecular formula is C14H13N3O. The number of aliphatic imine (C=N–C) groups is 1. The molecule has 0 saturated carbocycles. The van der Waals surface area contributed by atoms with E-state index >= 15 is 0 Å². The minimum absolute atomic E-state index is 0.177. The van der Waals surface area contributed by atoms with Gasteiger partial charge in [0.25, 0.3) is 5.91 Å². The number of hydrogen-bond donors (Lipinski definition) is 2. The molecule has 0 aliphatic carbocycles. The molecule has 2 aromatic carbocycles. The first-order chi connectivity index (χ1) is 8.84. The lowest BCUT2D eigenvalue weighted by atomic mass is 10.1. The quantitative estimate of drug-likeness (QED) is 0.839. The lowest BCUT2D eigenvalue weighted by Crippen LogP contribution is -2.32. The van der Waals surface area contributed by atoms with Crippen LogP contribution < -0.4 is 10.6 Å². The van der Waals surface area contributed by atoms with Crippen molar-refractivity contribution in [3.8, 4) is 0 Å². The maximum Gasteiger partial charge on any atom is 0.290 e. The topological polar surface area (TPSA) is 53.5 Å². The third kappa shape index (κ3) is 1.93. The van der Waals surface area contributed by atoms with E-state index in [1.165, 1.54) is 0 Å². The molecule has 1 aliphatic rings. The molecule has 2 aromatic rings. The Labute approximate surface area is 105 Å². The van der Waals surface area contributed by atoms with Crippen LogP contribution in [0.25, 0.3) is 10.8 Å². The Bertz CT molecular complexity index is 628. The Kier molecular flexibility index (Phi) is 2.68. The van der Waals surface area contributed by atoms with Crippen molar-refractivity contribution in [1.82, 2.24) is 5.32 Å². The van der Waals surface area contributed by atoms with Crippen molar-refractivity contribution in [2.75, 3.05) is 18.4 Å². The maximum atomic E-state index is 12.0. The Morgan fingerprint density at radius 1 is 1.17 bits per heavy atom. The number of amides is 1. The van der Waals surface area contributed by atoms with Crippen LogP contribution in [0.4, 0.5) is 5.69 Å². The van der Waals surface area contributed by atoms with Crippen molar-refractivity contribution in [1.29, 1.82) is 0 Å². The van der Waals surface area contributed by atoms with E-state index in [0.717, 1.165) is 23.0 Å². The van der Waals surface area contributed by atoms with Crippen LogP contribution >= 0.6 is 0 Å². The summed E-state index contributed by atoms with van der Waals surface area (Å²) in [5, 5.41) is 8.00. The summed E-state index contributed by atoms with van der Waals surface area (Å²) >= 11 is 0. The molecule has 2 N–H and O–H groups in total. The molecule has 90 valence electrons. The standard InChI is InChI=1S/C14H13N3O/c18-14(13-15-8-9-16-13)17-12-7-3-5-10-4-1-2-6-11(10)12/h1-7H,8-9H2,(H,15,16)(H,17,18). The highest BCUT2D eigenvalue weighted by molar-refractivity contribution is 6.42. The number of rotatable bonds is 2. The monoisotopic (exact) mass is 239 g/mol. The molecule has 1 aliphatic heterocycles. The summed E-state index contributed by atoms with van der Waals surface area (Å²) in [7, 11) is 0. The highest BCUT2D eigenvalue weighted by Crippen LogP contribution is 2.22. The van der Waals surface area contributed by atoms with Gasteiger partial charge in [-0.3, -0.25) is 9.79 Å². The highest BCUT2D eigenvalue weighted by Gasteiger charge is 2.15. The number of nitrogens with one attached hydrogen (secondary N) is 2. The van der Waals surface area contributed by atoms with E-state index in [-0.39, 0.29) is 5.91 Å². The molecule has 18 heavy (non-hydrogen) atoms. The summed E-state index contributed by atoms with van der Waals surface area (Å²) in [5.74, 6) is 0.242. The number of hydrogen-bond acceptors (Lipinski definition) is 3. The molecular weight excluding hydrogens is 226 g/mol. The van der Waals surface area contributed by atoms with Crippen molar-refractivity contribution in [3.63, 3.8) is 0 Å². The molecule has 0 saturated heterocycles. The molecule has 4 nitrogen and oxygen atoms in total. The predicted molar refractivity (Wildman–Crippen MR) is 72.9 cm³/mol. The van der Waals surface area contributed by atoms with Gasteiger partial charge in [-0.1, -0.05) is 36.4 Å². The normalized spacial score (nSPS) is 14.1. The van der Waals surface area contributed by atoms with Gasteiger partial charge in [-0.05, 0) is 11.5 Å². The minimum Gasteiger partial charge on any atom is -0.364 e. The summed E-state index contributed by atoms with van der Waals surface area (Å²) < 4.78 is 0. The second-order valence-electron chi connectivity index (χ2n) is 4.14. The number of amidine groups is 1. The van der Waals surface area contributed by atoms with Crippen LogP contribution in [0.1, 0.15) is 0 Å². The molecule has 1 heterocycles. The lowest BCUT2D eigenvalue weighted by Gasteiger charge is -2.08. The SMILES string of the molecule is O=C(Nc1cccc2ccccc12)C1=NCCN1. The van der Waals surface area contributed by atoms with E-state index in [9.17, 15) is 4.79 Å². The van der Waals surface area contributed by atoms with Crippen molar-refractivity contribution < 1.29 is 4.79 Å². The van der Waals surface area contributed by atoms with Crippen LogP contribution in [0.2, 0.25) is 0 Å². The summed E-state index contributed by atoms with van der Waals surface area (Å²) in [4.78, 5) is 16.1. The van der Waals surface area contributed by atoms with Gasteiger partial charge in [0, 0.05) is 17.6 Å². The first-order valence-electron chi connectivity index (χ1n) is 5.92. The summed E-state index contributed by atoms with van der Waals surface area (Å²) in [6.07, 6.45) is 0. The molecule has 0 aromatic heterocycles. The molecule has 3 rings (SSSR count). The lowest BCUT2D eigenvalue weighted by molar-refractivity contribution is -0.110. The average Bonchev–Trinajstić information content (AvgIpc) is 2.93. The second-order valence-corrected chi connectivity index (χ2v) is 4.14. The van der Waals surface area contributed by atoms with Gasteiger partial charge in [-0.15, -0.1) is 0 Å². The second kappa shape index (κ2) is 4.49. The zero-order valence-electron chi connectivity index (χ0n) is 9.81. The van der Waals surface area contributed by atoms with Gasteiger partial charge >= 0.3 is 0 Å². The maximum absolute atomic E-state index is 12.0. The first-order valence-corrected chi connectivity index (χ1v) is 5.92. The Balaban J connectivity index is 1.93. The first kappa shape index (κ1) is 10.8. The molecule has 0 unspecified atom stereocenters. The number of benzene rings is 2. The average molecular weight is 239 g/mol. The fourth-order valence-electron chi connectivity index (χ4n) is 2.07. The third-order valence-corrected chi connectivity index (χ3v) is 2.93. The van der Waals surface area contributed by atoms with E-state index in [2.05, 4.69) is 15.6 Å². The van der Waals surface area contributed by atoms with Crippen molar-refractivity contribution in [2.24, 2.45) is 4.99 Å². The third-order valence-electron chi connectivity index (χ3n) is 2.93. The summed E-state index contributed by atoms with van der Waals surface area (Å²) in [5.41, 5.74) is 0.814. The summed E-state index contributed by atoms with van der Waals surface area (Å²) in [6.45, 7) is 1.40. The number of carbonyl (C=O) groups excluding carboxylic acids is 1. The molecule has 1 amide bonds. The van der Waals surface area contributed by atoms with E-state index in [0.29, 0.717) is 12.4 Å². The van der Waals surface area contributed by atoms with E-state index in [1.54, 1.807) is 0 Å². The number of anilines is 1. The Morgan fingerprint density at radius 2 is 2.00 bits per heavy atom. The highest BCUT2D eigenvalue weighted by atomic mass is 16.2. The van der Waals surface area contributed by atoms with Crippen LogP contribution in [0, 0.1) is 0 Å². The van der Waals surface area contributed by atoms with Gasteiger partial charge in [0.1, 0.15) is 0 Å². The van der Waals surface area contributed by atoms with Crippen LogP contribution in [0.5, 0.6) is 0 Å². The van der Waals surface area contributed by atoms with Crippen LogP contribution in [-0.2, 0) is 4.79 Å². The van der Waals surface area contributed by atoms with Gasteiger partial charge in [-0.2, -0.15) is 0 Å². The van der Waals surface area contributed by atoms with Crippen molar-refractivity contribution in [2.45, 2.75) is 0 Å². The number of fused-ring (bicyclic) bond motifs is 1. The van der Waals surface area contributed by atoms with E-state index in [1.807, 2.05) is 42.5 Å². The van der Waals surface area contributed by atoms with Gasteiger partial charge in [0.15, 0.2) is 5.84 Å². The number of carbonyl (C=O) groups is 1. The minimum atomic E-state index is -0.177. The zero-order chi connectivity index (χ0) is 12.4. The molecule has 0 spiro atoms. The summed E-state index contributed by atoms with van der Waals surface area (Å²) in [6, 6.07) is 13.8. The smallest absolute Gasteiger partial charge is 0.290 e. The van der Waals surface area contributed by atoms with Gasteiger partial charge in [-0.25, -0.2) is 0 Å². The van der Waals surface area contributed by atoms with Gasteiger partial charge in [0.2, 0.25) is 0 Å². The predicted octanol–water partition coefficient (Wildman–Crippen LogP) is 1.78. The zero-order valence-corrected chi connectivity index (χ0v) is 9.81. The molecule has 0 fully saturated rings.